The molecule has 0 saturated heterocycles. The Labute approximate surface area is 112 Å². The second kappa shape index (κ2) is 4.09. The Morgan fingerprint density at radius 3 is 2.21 bits per heavy atom. The molecule has 1 N–H and O–H groups in total. The van der Waals surface area contributed by atoms with Crippen LogP contribution in [0.4, 0.5) is 0 Å². The molecule has 0 radical (unpaired) electrons. The predicted octanol–water partition coefficient (Wildman–Crippen LogP) is 3.50. The topological polar surface area (TPSA) is 61.1 Å². The van der Waals surface area contributed by atoms with Crippen molar-refractivity contribution in [3.05, 3.63) is 35.4 Å². The van der Waals surface area contributed by atoms with Gasteiger partial charge in [0.1, 0.15) is 0 Å². The zero-order valence-electron chi connectivity index (χ0n) is 10.9. The standard InChI is InChI=1S/C16H17NO2/c17-11-16(9-7-15(5-6-15)8-10-16)13-4-2-1-3-12(13)14(18)19/h1-4H,5-10H2,(H,18,19). The van der Waals surface area contributed by atoms with Crippen molar-refractivity contribution in [3.63, 3.8) is 0 Å². The normalized spacial score (nSPS) is 22.7. The zero-order valence-corrected chi connectivity index (χ0v) is 10.9. The van der Waals surface area contributed by atoms with E-state index in [1.165, 1.54) is 12.8 Å². The van der Waals surface area contributed by atoms with Crippen molar-refractivity contribution in [3.8, 4) is 6.07 Å². The van der Waals surface area contributed by atoms with E-state index in [0.29, 0.717) is 11.0 Å². The number of benzene rings is 1. The van der Waals surface area contributed by atoms with Crippen molar-refractivity contribution in [2.75, 3.05) is 0 Å². The number of nitriles is 1. The van der Waals surface area contributed by atoms with Gasteiger partial charge < -0.3 is 5.11 Å². The largest absolute Gasteiger partial charge is 0.478 e. The minimum absolute atomic E-state index is 0.288. The summed E-state index contributed by atoms with van der Waals surface area (Å²) >= 11 is 0. The van der Waals surface area contributed by atoms with E-state index in [9.17, 15) is 15.2 Å². The summed E-state index contributed by atoms with van der Waals surface area (Å²) in [6.45, 7) is 0. The van der Waals surface area contributed by atoms with Crippen LogP contribution in [-0.2, 0) is 5.41 Å². The van der Waals surface area contributed by atoms with E-state index in [4.69, 9.17) is 0 Å². The molecule has 3 rings (SSSR count). The van der Waals surface area contributed by atoms with E-state index in [1.54, 1.807) is 12.1 Å². The van der Waals surface area contributed by atoms with Gasteiger partial charge in [-0.05, 0) is 55.6 Å². The molecule has 0 unspecified atom stereocenters. The van der Waals surface area contributed by atoms with Crippen LogP contribution in [0.5, 0.6) is 0 Å². The van der Waals surface area contributed by atoms with Gasteiger partial charge in [0.25, 0.3) is 0 Å². The molecule has 2 aliphatic rings. The first-order chi connectivity index (χ1) is 9.11. The van der Waals surface area contributed by atoms with Gasteiger partial charge in [-0.2, -0.15) is 5.26 Å². The number of aromatic carboxylic acids is 1. The number of nitrogens with zero attached hydrogens (tertiary/aromatic N) is 1. The van der Waals surface area contributed by atoms with Crippen molar-refractivity contribution >= 4 is 5.97 Å². The van der Waals surface area contributed by atoms with Crippen molar-refractivity contribution in [1.29, 1.82) is 5.26 Å². The fourth-order valence-corrected chi connectivity index (χ4v) is 3.41. The van der Waals surface area contributed by atoms with Crippen LogP contribution >= 0.6 is 0 Å². The van der Waals surface area contributed by atoms with Crippen LogP contribution in [-0.4, -0.2) is 11.1 Å². The fourth-order valence-electron chi connectivity index (χ4n) is 3.41. The quantitative estimate of drug-likeness (QED) is 0.879. The molecule has 1 aromatic carbocycles. The maximum absolute atomic E-state index is 11.4. The zero-order chi connectivity index (χ0) is 13.5. The number of carboxylic acids is 1. The molecule has 1 aromatic rings. The lowest BCUT2D eigenvalue weighted by molar-refractivity contribution is 0.0693. The number of carbonyl (C=O) groups is 1. The van der Waals surface area contributed by atoms with Crippen molar-refractivity contribution in [2.45, 2.75) is 43.9 Å². The minimum Gasteiger partial charge on any atom is -0.478 e. The Morgan fingerprint density at radius 1 is 1.11 bits per heavy atom. The number of carboxylic acid groups (broad SMARTS) is 1. The third-order valence-electron chi connectivity index (χ3n) is 5.01. The fraction of sp³-hybridized carbons (Fsp3) is 0.500. The molecular weight excluding hydrogens is 238 g/mol. The summed E-state index contributed by atoms with van der Waals surface area (Å²) in [7, 11) is 0. The number of hydrogen-bond acceptors (Lipinski definition) is 2. The lowest BCUT2D eigenvalue weighted by Gasteiger charge is -2.36. The van der Waals surface area contributed by atoms with Gasteiger partial charge in [-0.3, -0.25) is 0 Å². The Morgan fingerprint density at radius 2 is 1.68 bits per heavy atom. The molecule has 2 fully saturated rings. The van der Waals surface area contributed by atoms with Gasteiger partial charge in [0.2, 0.25) is 0 Å². The Bertz CT molecular complexity index is 556. The highest BCUT2D eigenvalue weighted by Crippen LogP contribution is 2.60. The van der Waals surface area contributed by atoms with Gasteiger partial charge in [-0.15, -0.1) is 0 Å². The van der Waals surface area contributed by atoms with E-state index < -0.39 is 11.4 Å². The first kappa shape index (κ1) is 12.2. The van der Waals surface area contributed by atoms with Crippen molar-refractivity contribution in [2.24, 2.45) is 5.41 Å². The Kier molecular flexibility index (Phi) is 2.63. The van der Waals surface area contributed by atoms with Crippen LogP contribution < -0.4 is 0 Å². The van der Waals surface area contributed by atoms with E-state index in [-0.39, 0.29) is 5.56 Å². The van der Waals surface area contributed by atoms with Gasteiger partial charge in [0, 0.05) is 0 Å². The van der Waals surface area contributed by atoms with Gasteiger partial charge >= 0.3 is 5.97 Å². The molecule has 2 saturated carbocycles. The van der Waals surface area contributed by atoms with Crippen LogP contribution in [0.1, 0.15) is 54.4 Å². The molecule has 98 valence electrons. The average Bonchev–Trinajstić information content (AvgIpc) is 3.20. The highest BCUT2D eigenvalue weighted by molar-refractivity contribution is 5.90. The van der Waals surface area contributed by atoms with Crippen LogP contribution in [0, 0.1) is 16.7 Å². The molecule has 0 atom stereocenters. The summed E-state index contributed by atoms with van der Waals surface area (Å²) in [6, 6.07) is 9.42. The van der Waals surface area contributed by atoms with Crippen molar-refractivity contribution < 1.29 is 9.90 Å². The minimum atomic E-state index is -0.933. The first-order valence-corrected chi connectivity index (χ1v) is 6.85. The molecule has 19 heavy (non-hydrogen) atoms. The summed E-state index contributed by atoms with van der Waals surface area (Å²) in [5, 5.41) is 19.0. The maximum atomic E-state index is 11.4. The molecular formula is C16H17NO2. The Hall–Kier alpha value is -1.82. The lowest BCUT2D eigenvalue weighted by atomic mass is 9.65. The smallest absolute Gasteiger partial charge is 0.336 e. The molecule has 2 aliphatic carbocycles. The molecule has 0 amide bonds. The summed E-state index contributed by atoms with van der Waals surface area (Å²) < 4.78 is 0. The molecule has 0 bridgehead atoms. The van der Waals surface area contributed by atoms with Crippen LogP contribution in [0.2, 0.25) is 0 Å². The highest BCUT2D eigenvalue weighted by atomic mass is 16.4. The molecule has 0 aromatic heterocycles. The molecule has 0 heterocycles. The summed E-state index contributed by atoms with van der Waals surface area (Å²) in [5.41, 5.74) is 0.901. The SMILES string of the molecule is N#CC1(c2ccccc2C(=O)O)CCC2(CC2)CC1. The van der Waals surface area contributed by atoms with E-state index in [1.807, 2.05) is 12.1 Å². The lowest BCUT2D eigenvalue weighted by Crippen LogP contribution is -2.32. The second-order valence-electron chi connectivity index (χ2n) is 6.04. The van der Waals surface area contributed by atoms with Gasteiger partial charge in [0.05, 0.1) is 17.0 Å². The molecule has 0 aliphatic heterocycles. The molecule has 1 spiro atoms. The molecule has 3 heteroatoms. The first-order valence-electron chi connectivity index (χ1n) is 6.85. The second-order valence-corrected chi connectivity index (χ2v) is 6.04. The van der Waals surface area contributed by atoms with Crippen molar-refractivity contribution in [1.82, 2.24) is 0 Å². The summed E-state index contributed by atoms with van der Waals surface area (Å²) in [6.07, 6.45) is 6.30. The van der Waals surface area contributed by atoms with Gasteiger partial charge in [0.15, 0.2) is 0 Å². The third kappa shape index (κ3) is 1.92. The van der Waals surface area contributed by atoms with Gasteiger partial charge in [-0.1, -0.05) is 18.2 Å². The number of hydrogen-bond donors (Lipinski definition) is 1. The Balaban J connectivity index is 1.99. The summed E-state index contributed by atoms with van der Waals surface area (Å²) in [5.74, 6) is -0.933. The van der Waals surface area contributed by atoms with Crippen LogP contribution in [0.25, 0.3) is 0 Å². The molecule has 3 nitrogen and oxygen atoms in total. The monoisotopic (exact) mass is 255 g/mol. The maximum Gasteiger partial charge on any atom is 0.336 e. The van der Waals surface area contributed by atoms with E-state index in [0.717, 1.165) is 25.7 Å². The van der Waals surface area contributed by atoms with E-state index >= 15 is 0 Å². The number of rotatable bonds is 2. The third-order valence-corrected chi connectivity index (χ3v) is 5.01. The highest BCUT2D eigenvalue weighted by Gasteiger charge is 2.50. The van der Waals surface area contributed by atoms with E-state index in [2.05, 4.69) is 6.07 Å². The van der Waals surface area contributed by atoms with Crippen LogP contribution in [0.3, 0.4) is 0 Å². The van der Waals surface area contributed by atoms with Gasteiger partial charge in [-0.25, -0.2) is 4.79 Å². The predicted molar refractivity (Wildman–Crippen MR) is 70.8 cm³/mol. The summed E-state index contributed by atoms with van der Waals surface area (Å²) in [4.78, 5) is 11.4. The average molecular weight is 255 g/mol. The van der Waals surface area contributed by atoms with Crippen LogP contribution in [0.15, 0.2) is 24.3 Å².